The largest absolute Gasteiger partial charge is 0.493 e. The lowest BCUT2D eigenvalue weighted by Gasteiger charge is -2.31. The number of aromatic carboxylic acids is 1. The van der Waals surface area contributed by atoms with Crippen molar-refractivity contribution in [1.82, 2.24) is 24.8 Å². The monoisotopic (exact) mass is 447 g/mol. The molecule has 1 atom stereocenters. The summed E-state index contributed by atoms with van der Waals surface area (Å²) >= 11 is 0. The number of hydrogen-bond acceptors (Lipinski definition) is 9. The molecule has 2 aliphatic heterocycles. The number of methoxy groups -OCH3 is 2. The second kappa shape index (κ2) is 8.96. The topological polar surface area (TPSA) is 158 Å². The van der Waals surface area contributed by atoms with E-state index in [1.54, 1.807) is 0 Å². The smallest absolute Gasteiger partial charge is 0.421 e. The fourth-order valence-electron chi connectivity index (χ4n) is 3.46. The Morgan fingerprint density at radius 1 is 1.25 bits per heavy atom. The molecule has 1 saturated heterocycles. The van der Waals surface area contributed by atoms with E-state index in [4.69, 9.17) is 9.47 Å². The van der Waals surface area contributed by atoms with Crippen LogP contribution in [-0.2, 0) is 4.79 Å². The number of nitrogens with zero attached hydrogens (tertiary/aromatic N) is 5. The van der Waals surface area contributed by atoms with E-state index in [0.29, 0.717) is 0 Å². The molecule has 13 nitrogen and oxygen atoms in total. The van der Waals surface area contributed by atoms with Crippen LogP contribution in [0.4, 0.5) is 4.79 Å². The Hall–Kier alpha value is -4.09. The van der Waals surface area contributed by atoms with E-state index in [0.717, 1.165) is 4.90 Å². The van der Waals surface area contributed by atoms with Gasteiger partial charge < -0.3 is 19.7 Å². The summed E-state index contributed by atoms with van der Waals surface area (Å²) in [5, 5.41) is 23.1. The number of carboxylic acid groups (broad SMARTS) is 1. The second-order valence-corrected chi connectivity index (χ2v) is 6.79. The Balaban J connectivity index is 1.94. The molecule has 2 aliphatic rings. The number of β-amino-alcohol motifs (C(OH)–C–C–N with tert-alkyl or cyclic N) is 1. The first-order valence-corrected chi connectivity index (χ1v) is 9.42. The Morgan fingerprint density at radius 3 is 2.56 bits per heavy atom. The molecule has 0 spiro atoms. The molecule has 0 aliphatic carbocycles. The molecule has 1 fully saturated rings. The van der Waals surface area contributed by atoms with Gasteiger partial charge in [-0.3, -0.25) is 9.69 Å². The number of aliphatic hydroxyl groups is 1. The van der Waals surface area contributed by atoms with Gasteiger partial charge in [-0.25, -0.2) is 24.1 Å². The van der Waals surface area contributed by atoms with E-state index >= 15 is 0 Å². The van der Waals surface area contributed by atoms with E-state index in [1.807, 2.05) is 0 Å². The zero-order valence-corrected chi connectivity index (χ0v) is 17.9. The average molecular weight is 447 g/mol. The summed E-state index contributed by atoms with van der Waals surface area (Å²) in [6.45, 7) is -0.227. The van der Waals surface area contributed by atoms with Gasteiger partial charge in [-0.15, -0.1) is 5.10 Å². The molecule has 170 valence electrons. The molecule has 1 aromatic rings. The van der Waals surface area contributed by atoms with Crippen LogP contribution in [0.5, 0.6) is 11.5 Å². The third-order valence-electron chi connectivity index (χ3n) is 5.03. The van der Waals surface area contributed by atoms with Crippen molar-refractivity contribution >= 4 is 35.9 Å². The quantitative estimate of drug-likeness (QED) is 0.253. The number of guanidine groups is 1. The normalized spacial score (nSPS) is 18.0. The number of carbonyl (C=O) groups is 3. The highest BCUT2D eigenvalue weighted by atomic mass is 16.5. The van der Waals surface area contributed by atoms with Gasteiger partial charge >= 0.3 is 23.8 Å². The van der Waals surface area contributed by atoms with E-state index < -0.39 is 23.9 Å². The predicted octanol–water partition coefficient (Wildman–Crippen LogP) is -1.65. The van der Waals surface area contributed by atoms with Crippen molar-refractivity contribution < 1.29 is 34.1 Å². The number of rotatable bonds is 7. The van der Waals surface area contributed by atoms with Gasteiger partial charge in [0.15, 0.2) is 11.5 Å². The van der Waals surface area contributed by atoms with Crippen molar-refractivity contribution in [3.05, 3.63) is 23.3 Å². The summed E-state index contributed by atoms with van der Waals surface area (Å²) in [6, 6.07) is 1.60. The number of ether oxygens (including phenoxy) is 2. The third kappa shape index (κ3) is 3.70. The maximum atomic E-state index is 12.6. The van der Waals surface area contributed by atoms with E-state index in [-0.39, 0.29) is 47.6 Å². The molecule has 1 unspecified atom stereocenters. The van der Waals surface area contributed by atoms with Crippen molar-refractivity contribution in [2.45, 2.75) is 6.04 Å². The van der Waals surface area contributed by atoms with Crippen LogP contribution in [0.3, 0.4) is 0 Å². The first kappa shape index (κ1) is 22.6. The number of carboxylic acids is 1. The lowest BCUT2D eigenvalue weighted by Crippen LogP contribution is -2.64. The minimum atomic E-state index is -1.24. The van der Waals surface area contributed by atoms with Crippen LogP contribution in [0.2, 0.25) is 0 Å². The lowest BCUT2D eigenvalue weighted by atomic mass is 10.1. The highest BCUT2D eigenvalue weighted by molar-refractivity contribution is 6.23. The summed E-state index contributed by atoms with van der Waals surface area (Å²) in [4.78, 5) is 40.3. The fourth-order valence-corrected chi connectivity index (χ4v) is 3.46. The van der Waals surface area contributed by atoms with Crippen LogP contribution in [-0.4, -0.2) is 108 Å². The predicted molar refractivity (Wildman–Crippen MR) is 113 cm³/mol. The fraction of sp³-hybridized carbons (Fsp3) is 0.368. The molecule has 3 rings (SSSR count). The Bertz CT molecular complexity index is 1060. The highest BCUT2D eigenvalue weighted by Gasteiger charge is 2.54. The number of carbonyl (C=O) groups excluding carboxylic acids is 2. The summed E-state index contributed by atoms with van der Waals surface area (Å²) in [5.41, 5.74) is 2.74. The average Bonchev–Trinajstić information content (AvgIpc) is 3.14. The number of likely N-dealkylation sites (N-methyl/N-ethyl adjacent to an activating group) is 2. The van der Waals surface area contributed by atoms with Crippen molar-refractivity contribution in [1.29, 1.82) is 0 Å². The first-order valence-electron chi connectivity index (χ1n) is 9.42. The van der Waals surface area contributed by atoms with Gasteiger partial charge in [0.25, 0.3) is 5.91 Å². The maximum Gasteiger partial charge on any atom is 0.421 e. The molecule has 3 N–H and O–H groups in total. The van der Waals surface area contributed by atoms with Gasteiger partial charge in [0.05, 0.1) is 40.6 Å². The Morgan fingerprint density at radius 2 is 1.97 bits per heavy atom. The zero-order valence-electron chi connectivity index (χ0n) is 17.9. The highest BCUT2D eigenvalue weighted by Crippen LogP contribution is 2.32. The zero-order chi connectivity index (χ0) is 23.6. The molecule has 0 bridgehead atoms. The molecular weight excluding hydrogens is 424 g/mol. The van der Waals surface area contributed by atoms with Gasteiger partial charge in [-0.1, -0.05) is 0 Å². The number of benzene rings is 1. The van der Waals surface area contributed by atoms with Gasteiger partial charge in [0.1, 0.15) is 5.56 Å². The Labute approximate surface area is 182 Å². The number of amides is 3. The van der Waals surface area contributed by atoms with E-state index in [2.05, 4.69) is 15.2 Å². The number of hydrazone groups is 1. The van der Waals surface area contributed by atoms with Gasteiger partial charge in [-0.2, -0.15) is 5.43 Å². The number of fused-ring (bicyclic) bond motifs is 1. The van der Waals surface area contributed by atoms with Crippen molar-refractivity contribution in [3.63, 3.8) is 0 Å². The number of aliphatic hydroxyl groups excluding tert-OH is 1. The second-order valence-electron chi connectivity index (χ2n) is 6.79. The number of amidine groups is 1. The maximum absolute atomic E-state index is 12.6. The van der Waals surface area contributed by atoms with Crippen LogP contribution in [0.25, 0.3) is 0 Å². The molecule has 1 aromatic carbocycles. The Kier molecular flexibility index (Phi) is 6.32. The van der Waals surface area contributed by atoms with Crippen molar-refractivity contribution in [2.24, 2.45) is 5.10 Å². The third-order valence-corrected chi connectivity index (χ3v) is 5.03. The molecule has 32 heavy (non-hydrogen) atoms. The molecule has 3 amide bonds. The summed E-state index contributed by atoms with van der Waals surface area (Å²) in [7, 11) is 5.57. The first-order chi connectivity index (χ1) is 15.3. The minimum Gasteiger partial charge on any atom is -0.493 e. The molecular formula is C19H23N6O7+. The van der Waals surface area contributed by atoms with E-state index in [1.165, 1.54) is 56.5 Å². The molecule has 0 saturated carbocycles. The minimum absolute atomic E-state index is 0.0411. The number of nitrogens with one attached hydrogen (secondary N) is 1. The van der Waals surface area contributed by atoms with Crippen LogP contribution in [0, 0.1) is 0 Å². The molecule has 2 heterocycles. The molecule has 0 aromatic heterocycles. The van der Waals surface area contributed by atoms with Crippen LogP contribution in [0.15, 0.2) is 17.2 Å². The number of hydrogen-bond donors (Lipinski definition) is 3. The van der Waals surface area contributed by atoms with Crippen LogP contribution >= 0.6 is 0 Å². The van der Waals surface area contributed by atoms with Gasteiger partial charge in [0.2, 0.25) is 6.04 Å². The lowest BCUT2D eigenvalue weighted by molar-refractivity contribution is -0.130. The van der Waals surface area contributed by atoms with Gasteiger partial charge in [-0.05, 0) is 12.1 Å². The molecule has 0 radical (unpaired) electrons. The van der Waals surface area contributed by atoms with Crippen LogP contribution in [0.1, 0.15) is 15.9 Å². The summed E-state index contributed by atoms with van der Waals surface area (Å²) in [5.74, 6) is -1.12. The van der Waals surface area contributed by atoms with E-state index in [9.17, 15) is 24.6 Å². The van der Waals surface area contributed by atoms with Gasteiger partial charge in [0, 0.05) is 12.6 Å². The molecule has 13 heteroatoms. The standard InChI is InChI=1S/C19H22N6O7/c1-23-15-13(16(27)24(2)19(23)30)25(7-8-26)18(21-15)22-20-9-10-5-6-11(31-3)14(32-4)12(10)17(28)29/h5-6,9,13,26H,7-8H2,1-4H3,(H,28,29)/p+1/b20-9+. The van der Waals surface area contributed by atoms with Crippen molar-refractivity contribution in [3.8, 4) is 11.5 Å². The summed E-state index contributed by atoms with van der Waals surface area (Å²) in [6.07, 6.45) is 1.25. The number of urea groups is 1. The SMILES string of the molecule is COc1ccc(/C=N/NC2=[N+]=C3C(C(=O)N(C)C(=O)N3C)N2CCO)c(C(=O)O)c1OC. The van der Waals surface area contributed by atoms with Crippen molar-refractivity contribution in [2.75, 3.05) is 41.5 Å². The van der Waals surface area contributed by atoms with Crippen LogP contribution < -0.4 is 19.6 Å². The summed E-state index contributed by atoms with van der Waals surface area (Å²) < 4.78 is 14.6. The number of imide groups is 1.